The molecule has 3 heteroatoms. The summed E-state index contributed by atoms with van der Waals surface area (Å²) in [5.41, 5.74) is 17.4. The van der Waals surface area contributed by atoms with Crippen molar-refractivity contribution in [2.45, 2.75) is 0 Å². The molecule has 1 heterocycles. The SMILES string of the molecule is c1ccc(-c2cccc(-c3nc(-c4ccccc4)nc(-c4ccc(-c5c(-c6cccc(-c7ccc8c9c(cccc79)-c7ccccc7-8)c6)ccc6ccccc56)cc4)n3)c2)cc1. The average Bonchev–Trinajstić information content (AvgIpc) is 3.69. The van der Waals surface area contributed by atoms with Crippen molar-refractivity contribution < 1.29 is 0 Å². The summed E-state index contributed by atoms with van der Waals surface area (Å²) in [6, 6.07) is 80.1. The second-order valence-electron chi connectivity index (χ2n) is 15.9. The van der Waals surface area contributed by atoms with Crippen LogP contribution in [0.2, 0.25) is 0 Å². The molecular formula is C59H37N3. The van der Waals surface area contributed by atoms with E-state index >= 15 is 0 Å². The predicted octanol–water partition coefficient (Wildman–Crippen LogP) is 15.5. The lowest BCUT2D eigenvalue weighted by atomic mass is 9.87. The van der Waals surface area contributed by atoms with Gasteiger partial charge in [-0.05, 0) is 100 Å². The molecule has 11 aromatic rings. The minimum absolute atomic E-state index is 0.629. The molecule has 0 amide bonds. The van der Waals surface area contributed by atoms with Gasteiger partial charge in [0.2, 0.25) is 0 Å². The first kappa shape index (κ1) is 35.7. The summed E-state index contributed by atoms with van der Waals surface area (Å²) in [7, 11) is 0. The molecule has 1 aliphatic rings. The van der Waals surface area contributed by atoms with E-state index in [1.165, 1.54) is 71.6 Å². The summed E-state index contributed by atoms with van der Waals surface area (Å²) in [5, 5.41) is 5.03. The summed E-state index contributed by atoms with van der Waals surface area (Å²) in [6.07, 6.45) is 0. The van der Waals surface area contributed by atoms with E-state index in [0.29, 0.717) is 17.5 Å². The number of aromatic nitrogens is 3. The third kappa shape index (κ3) is 6.10. The van der Waals surface area contributed by atoms with Gasteiger partial charge in [0.15, 0.2) is 17.5 Å². The average molecular weight is 788 g/mol. The second kappa shape index (κ2) is 14.8. The Bertz CT molecular complexity index is 3470. The van der Waals surface area contributed by atoms with E-state index in [4.69, 9.17) is 15.0 Å². The molecule has 0 unspecified atom stereocenters. The van der Waals surface area contributed by atoms with Crippen LogP contribution in [0.1, 0.15) is 0 Å². The van der Waals surface area contributed by atoms with Gasteiger partial charge in [-0.2, -0.15) is 0 Å². The van der Waals surface area contributed by atoms with E-state index in [2.05, 4.69) is 188 Å². The molecule has 12 rings (SSSR count). The van der Waals surface area contributed by atoms with Crippen molar-refractivity contribution in [3.8, 4) is 101 Å². The molecule has 0 radical (unpaired) electrons. The molecule has 0 bridgehead atoms. The molecule has 3 nitrogen and oxygen atoms in total. The van der Waals surface area contributed by atoms with Crippen LogP contribution in [0.3, 0.4) is 0 Å². The largest absolute Gasteiger partial charge is 0.208 e. The predicted molar refractivity (Wildman–Crippen MR) is 257 cm³/mol. The highest BCUT2D eigenvalue weighted by atomic mass is 15.0. The fraction of sp³-hybridized carbons (Fsp3) is 0. The summed E-state index contributed by atoms with van der Waals surface area (Å²) in [4.78, 5) is 15.2. The number of hydrogen-bond acceptors (Lipinski definition) is 3. The van der Waals surface area contributed by atoms with Gasteiger partial charge >= 0.3 is 0 Å². The Balaban J connectivity index is 0.960. The van der Waals surface area contributed by atoms with Crippen molar-refractivity contribution >= 4 is 21.5 Å². The molecule has 1 aliphatic carbocycles. The summed E-state index contributed by atoms with van der Waals surface area (Å²) in [5.74, 6) is 1.90. The zero-order valence-electron chi connectivity index (χ0n) is 33.7. The van der Waals surface area contributed by atoms with Crippen molar-refractivity contribution in [3.05, 3.63) is 224 Å². The lowest BCUT2D eigenvalue weighted by Gasteiger charge is -2.16. The first-order valence-corrected chi connectivity index (χ1v) is 21.1. The second-order valence-corrected chi connectivity index (χ2v) is 15.9. The van der Waals surface area contributed by atoms with Crippen LogP contribution in [0.4, 0.5) is 0 Å². The number of rotatable bonds is 7. The number of hydrogen-bond donors (Lipinski definition) is 0. The van der Waals surface area contributed by atoms with Crippen LogP contribution >= 0.6 is 0 Å². The maximum Gasteiger partial charge on any atom is 0.164 e. The van der Waals surface area contributed by atoms with Crippen molar-refractivity contribution in [3.63, 3.8) is 0 Å². The molecule has 0 fully saturated rings. The molecular weight excluding hydrogens is 751 g/mol. The van der Waals surface area contributed by atoms with E-state index in [1.807, 2.05) is 36.4 Å². The Hall–Kier alpha value is -8.27. The van der Waals surface area contributed by atoms with Crippen molar-refractivity contribution in [2.75, 3.05) is 0 Å². The van der Waals surface area contributed by atoms with Crippen LogP contribution in [0.15, 0.2) is 224 Å². The fourth-order valence-corrected chi connectivity index (χ4v) is 9.34. The quantitative estimate of drug-likeness (QED) is 0.161. The van der Waals surface area contributed by atoms with Crippen LogP contribution in [0.25, 0.3) is 122 Å². The zero-order valence-corrected chi connectivity index (χ0v) is 33.7. The van der Waals surface area contributed by atoms with Gasteiger partial charge in [-0.15, -0.1) is 0 Å². The summed E-state index contributed by atoms with van der Waals surface area (Å²) >= 11 is 0. The normalized spacial score (nSPS) is 11.5. The smallest absolute Gasteiger partial charge is 0.164 e. The topological polar surface area (TPSA) is 38.7 Å². The molecule has 288 valence electrons. The zero-order chi connectivity index (χ0) is 41.0. The first-order valence-electron chi connectivity index (χ1n) is 21.1. The minimum Gasteiger partial charge on any atom is -0.208 e. The van der Waals surface area contributed by atoms with Crippen LogP contribution in [0, 0.1) is 0 Å². The Morgan fingerprint density at radius 2 is 0.677 bits per heavy atom. The van der Waals surface area contributed by atoms with Gasteiger partial charge in [0.1, 0.15) is 0 Å². The summed E-state index contributed by atoms with van der Waals surface area (Å²) < 4.78 is 0. The Kier molecular flexibility index (Phi) is 8.50. The van der Waals surface area contributed by atoms with E-state index in [0.717, 1.165) is 33.4 Å². The van der Waals surface area contributed by atoms with Gasteiger partial charge in [0, 0.05) is 16.7 Å². The maximum atomic E-state index is 5.12. The van der Waals surface area contributed by atoms with Crippen molar-refractivity contribution in [1.29, 1.82) is 0 Å². The third-order valence-corrected chi connectivity index (χ3v) is 12.3. The monoisotopic (exact) mass is 787 g/mol. The Morgan fingerprint density at radius 1 is 0.226 bits per heavy atom. The molecule has 1 aromatic heterocycles. The third-order valence-electron chi connectivity index (χ3n) is 12.3. The molecule has 10 aromatic carbocycles. The van der Waals surface area contributed by atoms with E-state index in [9.17, 15) is 0 Å². The fourth-order valence-electron chi connectivity index (χ4n) is 9.34. The highest BCUT2D eigenvalue weighted by Crippen LogP contribution is 2.49. The molecule has 0 saturated carbocycles. The molecule has 0 atom stereocenters. The van der Waals surface area contributed by atoms with Gasteiger partial charge < -0.3 is 0 Å². The lowest BCUT2D eigenvalue weighted by molar-refractivity contribution is 1.07. The van der Waals surface area contributed by atoms with Crippen LogP contribution < -0.4 is 0 Å². The van der Waals surface area contributed by atoms with Crippen molar-refractivity contribution in [1.82, 2.24) is 15.0 Å². The van der Waals surface area contributed by atoms with Gasteiger partial charge in [0.05, 0.1) is 0 Å². The maximum absolute atomic E-state index is 5.12. The van der Waals surface area contributed by atoms with Crippen LogP contribution in [0.5, 0.6) is 0 Å². The molecule has 0 N–H and O–H groups in total. The number of fused-ring (bicyclic) bond motifs is 4. The van der Waals surface area contributed by atoms with Gasteiger partial charge in [-0.25, -0.2) is 15.0 Å². The number of nitrogens with zero attached hydrogens (tertiary/aromatic N) is 3. The Morgan fingerprint density at radius 3 is 1.42 bits per heavy atom. The molecule has 0 saturated heterocycles. The molecule has 0 aliphatic heterocycles. The standard InChI is InChI=1S/C59H37N3/c1-3-14-38(15-4-1)43-19-11-22-46(36-43)59-61-57(41-17-5-2-6-18-41)60-58(62-59)42-30-28-40(29-31-42)55-48-23-8-7-16-39(48)32-33-49(55)45-21-12-20-44(37-45)47-34-35-54-51-25-10-9-24-50(51)53-27-13-26-52(47)56(53)54/h1-37H. The van der Waals surface area contributed by atoms with Gasteiger partial charge in [-0.3, -0.25) is 0 Å². The molecule has 0 spiro atoms. The Labute approximate surface area is 360 Å². The van der Waals surface area contributed by atoms with E-state index < -0.39 is 0 Å². The molecule has 62 heavy (non-hydrogen) atoms. The van der Waals surface area contributed by atoms with E-state index in [-0.39, 0.29) is 0 Å². The summed E-state index contributed by atoms with van der Waals surface area (Å²) in [6.45, 7) is 0. The van der Waals surface area contributed by atoms with Crippen LogP contribution in [-0.2, 0) is 0 Å². The van der Waals surface area contributed by atoms with Crippen LogP contribution in [-0.4, -0.2) is 15.0 Å². The number of benzene rings is 10. The highest BCUT2D eigenvalue weighted by molar-refractivity contribution is 6.18. The van der Waals surface area contributed by atoms with Gasteiger partial charge in [0.25, 0.3) is 0 Å². The van der Waals surface area contributed by atoms with Crippen molar-refractivity contribution in [2.24, 2.45) is 0 Å². The van der Waals surface area contributed by atoms with E-state index in [1.54, 1.807) is 0 Å². The highest BCUT2D eigenvalue weighted by Gasteiger charge is 2.23. The lowest BCUT2D eigenvalue weighted by Crippen LogP contribution is -2.00. The van der Waals surface area contributed by atoms with Gasteiger partial charge in [-0.1, -0.05) is 212 Å². The minimum atomic E-state index is 0.629. The first-order chi connectivity index (χ1) is 30.7.